The molecule has 0 radical (unpaired) electrons. The number of likely N-dealkylation sites (tertiary alicyclic amines) is 1. The number of nitrogens with one attached hydrogen (secondary N) is 2. The summed E-state index contributed by atoms with van der Waals surface area (Å²) >= 11 is 0. The first-order valence-corrected chi connectivity index (χ1v) is 13.5. The summed E-state index contributed by atoms with van der Waals surface area (Å²) in [5, 5.41) is 5.93. The summed E-state index contributed by atoms with van der Waals surface area (Å²) in [6.07, 6.45) is 3.46. The van der Waals surface area contributed by atoms with E-state index in [-0.39, 0.29) is 22.8 Å². The molecule has 2 heterocycles. The van der Waals surface area contributed by atoms with Crippen LogP contribution in [0.5, 0.6) is 0 Å². The summed E-state index contributed by atoms with van der Waals surface area (Å²) < 4.78 is 27.9. The average molecular weight is 479 g/mol. The van der Waals surface area contributed by atoms with Crippen LogP contribution in [0.25, 0.3) is 0 Å². The van der Waals surface area contributed by atoms with E-state index in [0.29, 0.717) is 43.6 Å². The van der Waals surface area contributed by atoms with Crippen molar-refractivity contribution >= 4 is 21.8 Å². The van der Waals surface area contributed by atoms with Crippen LogP contribution in [0.1, 0.15) is 56.8 Å². The van der Waals surface area contributed by atoms with Crippen molar-refractivity contribution in [3.05, 3.63) is 29.8 Å². The molecule has 8 nitrogen and oxygen atoms in total. The minimum Gasteiger partial charge on any atom is -0.355 e. The molecular weight excluding hydrogens is 440 g/mol. The van der Waals surface area contributed by atoms with Crippen molar-refractivity contribution in [1.29, 1.82) is 0 Å². The maximum absolute atomic E-state index is 13.2. The summed E-state index contributed by atoms with van der Waals surface area (Å²) in [6.45, 7) is 9.75. The Hall–Kier alpha value is -1.97. The summed E-state index contributed by atoms with van der Waals surface area (Å²) in [4.78, 5) is 27.0. The quantitative estimate of drug-likeness (QED) is 0.596. The van der Waals surface area contributed by atoms with E-state index >= 15 is 0 Å². The van der Waals surface area contributed by atoms with Gasteiger partial charge in [-0.05, 0) is 55.7 Å². The van der Waals surface area contributed by atoms with Gasteiger partial charge in [0.15, 0.2) is 0 Å². The molecule has 9 heteroatoms. The highest BCUT2D eigenvalue weighted by atomic mass is 32.2. The van der Waals surface area contributed by atoms with Gasteiger partial charge in [-0.1, -0.05) is 26.8 Å². The zero-order valence-electron chi connectivity index (χ0n) is 20.0. The lowest BCUT2D eigenvalue weighted by atomic mass is 9.94. The second kappa shape index (κ2) is 11.4. The molecule has 0 aliphatic carbocycles. The molecule has 0 aromatic heterocycles. The Morgan fingerprint density at radius 3 is 2.39 bits per heavy atom. The van der Waals surface area contributed by atoms with Crippen LogP contribution in [0.4, 0.5) is 0 Å². The molecule has 0 saturated carbocycles. The minimum atomic E-state index is -3.63. The molecule has 2 aliphatic heterocycles. The molecular formula is C24H38N4O4S. The number of hydrogen-bond acceptors (Lipinski definition) is 5. The molecule has 33 heavy (non-hydrogen) atoms. The van der Waals surface area contributed by atoms with Crippen LogP contribution >= 0.6 is 0 Å². The van der Waals surface area contributed by atoms with E-state index in [1.807, 2.05) is 6.92 Å². The normalized spacial score (nSPS) is 23.2. The first-order chi connectivity index (χ1) is 15.7. The lowest BCUT2D eigenvalue weighted by Gasteiger charge is -2.34. The number of piperidine rings is 2. The zero-order chi connectivity index (χ0) is 24.0. The maximum atomic E-state index is 13.2. The second-order valence-electron chi connectivity index (χ2n) is 9.67. The van der Waals surface area contributed by atoms with Crippen molar-refractivity contribution in [3.63, 3.8) is 0 Å². The predicted molar refractivity (Wildman–Crippen MR) is 128 cm³/mol. The number of rotatable bonds is 8. The Balaban J connectivity index is 1.56. The summed E-state index contributed by atoms with van der Waals surface area (Å²) in [7, 11) is -3.63. The Labute approximate surface area is 198 Å². The van der Waals surface area contributed by atoms with Gasteiger partial charge in [0.05, 0.1) is 11.4 Å². The largest absolute Gasteiger partial charge is 0.355 e. The minimum absolute atomic E-state index is 0.0107. The first-order valence-electron chi connectivity index (χ1n) is 12.1. The van der Waals surface area contributed by atoms with Crippen molar-refractivity contribution < 1.29 is 18.0 Å². The van der Waals surface area contributed by atoms with Crippen LogP contribution in [0, 0.1) is 11.8 Å². The van der Waals surface area contributed by atoms with Crippen molar-refractivity contribution in [2.24, 2.45) is 11.8 Å². The van der Waals surface area contributed by atoms with Crippen LogP contribution in [-0.4, -0.2) is 74.7 Å². The van der Waals surface area contributed by atoms with Crippen molar-refractivity contribution in [1.82, 2.24) is 19.8 Å². The molecule has 1 aromatic rings. The molecule has 2 atom stereocenters. The summed E-state index contributed by atoms with van der Waals surface area (Å²) in [5.74, 6) is 0.415. The van der Waals surface area contributed by atoms with Gasteiger partial charge >= 0.3 is 0 Å². The van der Waals surface area contributed by atoms with Crippen LogP contribution in [0.2, 0.25) is 0 Å². The molecule has 2 saturated heterocycles. The predicted octanol–water partition coefficient (Wildman–Crippen LogP) is 2.07. The van der Waals surface area contributed by atoms with Gasteiger partial charge in [0.1, 0.15) is 0 Å². The van der Waals surface area contributed by atoms with Crippen LogP contribution in [0.3, 0.4) is 0 Å². The number of amides is 2. The van der Waals surface area contributed by atoms with E-state index in [2.05, 4.69) is 29.4 Å². The van der Waals surface area contributed by atoms with Gasteiger partial charge in [-0.2, -0.15) is 4.31 Å². The first kappa shape index (κ1) is 25.6. The molecule has 0 bridgehead atoms. The highest BCUT2D eigenvalue weighted by Crippen LogP contribution is 2.27. The highest BCUT2D eigenvalue weighted by Gasteiger charge is 2.32. The maximum Gasteiger partial charge on any atom is 0.251 e. The summed E-state index contributed by atoms with van der Waals surface area (Å²) in [6, 6.07) is 6.36. The SMILES string of the molecule is CCCNC(=O)CN1CCC(NC(=O)c2cccc(S(=O)(=O)N3CC(C)CC(C)C3)c2)CC1. The third kappa shape index (κ3) is 7.01. The third-order valence-electron chi connectivity index (χ3n) is 6.43. The Bertz CT molecular complexity index is 918. The number of carbonyl (C=O) groups excluding carboxylic acids is 2. The zero-order valence-corrected chi connectivity index (χ0v) is 20.9. The van der Waals surface area contributed by atoms with Gasteiger partial charge < -0.3 is 10.6 Å². The number of hydrogen-bond donors (Lipinski definition) is 2. The smallest absolute Gasteiger partial charge is 0.251 e. The van der Waals surface area contributed by atoms with E-state index in [0.717, 1.165) is 38.8 Å². The number of nitrogens with zero attached hydrogens (tertiary/aromatic N) is 2. The molecule has 184 valence electrons. The van der Waals surface area contributed by atoms with Gasteiger partial charge in [0, 0.05) is 44.3 Å². The fourth-order valence-corrected chi connectivity index (χ4v) is 6.50. The molecule has 2 fully saturated rings. The van der Waals surface area contributed by atoms with E-state index in [1.54, 1.807) is 22.5 Å². The molecule has 0 spiro atoms. The van der Waals surface area contributed by atoms with E-state index in [4.69, 9.17) is 0 Å². The van der Waals surface area contributed by atoms with Crippen molar-refractivity contribution in [3.8, 4) is 0 Å². The van der Waals surface area contributed by atoms with Gasteiger partial charge in [-0.3, -0.25) is 14.5 Å². The van der Waals surface area contributed by atoms with E-state index < -0.39 is 10.0 Å². The van der Waals surface area contributed by atoms with E-state index in [9.17, 15) is 18.0 Å². The Kier molecular flexibility index (Phi) is 8.89. The average Bonchev–Trinajstić information content (AvgIpc) is 2.78. The Morgan fingerprint density at radius 1 is 1.09 bits per heavy atom. The number of carbonyl (C=O) groups is 2. The molecule has 2 amide bonds. The Morgan fingerprint density at radius 2 is 1.76 bits per heavy atom. The van der Waals surface area contributed by atoms with Gasteiger partial charge in [0.25, 0.3) is 5.91 Å². The number of benzene rings is 1. The van der Waals surface area contributed by atoms with E-state index in [1.165, 1.54) is 6.07 Å². The highest BCUT2D eigenvalue weighted by molar-refractivity contribution is 7.89. The van der Waals surface area contributed by atoms with Gasteiger partial charge in [-0.25, -0.2) is 8.42 Å². The van der Waals surface area contributed by atoms with Gasteiger partial charge in [0.2, 0.25) is 15.9 Å². The molecule has 1 aromatic carbocycles. The molecule has 2 N–H and O–H groups in total. The lowest BCUT2D eigenvalue weighted by Crippen LogP contribution is -2.47. The van der Waals surface area contributed by atoms with Crippen LogP contribution < -0.4 is 10.6 Å². The molecule has 2 unspecified atom stereocenters. The second-order valence-corrected chi connectivity index (χ2v) is 11.6. The van der Waals surface area contributed by atoms with Crippen LogP contribution in [-0.2, 0) is 14.8 Å². The van der Waals surface area contributed by atoms with Crippen molar-refractivity contribution in [2.45, 2.75) is 57.4 Å². The fraction of sp³-hybridized carbons (Fsp3) is 0.667. The summed E-state index contributed by atoms with van der Waals surface area (Å²) in [5.41, 5.74) is 0.357. The third-order valence-corrected chi connectivity index (χ3v) is 8.26. The molecule has 3 rings (SSSR count). The fourth-order valence-electron chi connectivity index (χ4n) is 4.78. The molecule has 2 aliphatic rings. The number of sulfonamides is 1. The monoisotopic (exact) mass is 478 g/mol. The topological polar surface area (TPSA) is 98.8 Å². The van der Waals surface area contributed by atoms with Crippen LogP contribution in [0.15, 0.2) is 29.2 Å². The lowest BCUT2D eigenvalue weighted by molar-refractivity contribution is -0.122. The standard InChI is InChI=1S/C24H38N4O4S/c1-4-10-25-23(29)17-27-11-8-21(9-12-27)26-24(30)20-6-5-7-22(14-20)33(31,32)28-15-18(2)13-19(3)16-28/h5-7,14,18-19,21H,4,8-13,15-17H2,1-3H3,(H,25,29)(H,26,30). The van der Waals surface area contributed by atoms with Crippen molar-refractivity contribution in [2.75, 3.05) is 39.3 Å². The van der Waals surface area contributed by atoms with Gasteiger partial charge in [-0.15, -0.1) is 0 Å².